The highest BCUT2D eigenvalue weighted by Crippen LogP contribution is 2.23. The highest BCUT2D eigenvalue weighted by molar-refractivity contribution is 9.10. The molecule has 0 heterocycles. The molecule has 0 aliphatic carbocycles. The molecule has 1 aromatic carbocycles. The van der Waals surface area contributed by atoms with Crippen molar-refractivity contribution in [1.29, 1.82) is 5.41 Å². The van der Waals surface area contributed by atoms with Gasteiger partial charge in [-0.1, -0.05) is 15.9 Å². The van der Waals surface area contributed by atoms with Crippen LogP contribution < -0.4 is 5.32 Å². The first-order valence-corrected chi connectivity index (χ1v) is 6.50. The van der Waals surface area contributed by atoms with Crippen LogP contribution in [0.2, 0.25) is 0 Å². The van der Waals surface area contributed by atoms with Crippen molar-refractivity contribution in [3.63, 3.8) is 0 Å². The molecule has 1 aromatic rings. The smallest absolute Gasteiger partial charge is 0.231 e. The van der Waals surface area contributed by atoms with Crippen LogP contribution in [0.3, 0.4) is 0 Å². The molecule has 0 spiro atoms. The van der Waals surface area contributed by atoms with E-state index in [1.165, 1.54) is 20.8 Å². The lowest BCUT2D eigenvalue weighted by Crippen LogP contribution is -2.39. The van der Waals surface area contributed by atoms with E-state index >= 15 is 0 Å². The van der Waals surface area contributed by atoms with E-state index in [-0.39, 0.29) is 17.3 Å². The molecular formula is C13H14BrN3O3. The molecule has 0 aromatic heterocycles. The van der Waals surface area contributed by atoms with Gasteiger partial charge in [0.25, 0.3) is 0 Å². The zero-order valence-corrected chi connectivity index (χ0v) is 12.9. The number of carbonyl (C=O) groups is 3. The predicted molar refractivity (Wildman–Crippen MR) is 78.5 cm³/mol. The molecule has 106 valence electrons. The SMILES string of the molecule is CC(=O)Nc1cc(Br)ccc1C(=N)N(C(C)=O)C(C)=O. The maximum atomic E-state index is 11.5. The molecule has 0 saturated carbocycles. The molecule has 0 fully saturated rings. The van der Waals surface area contributed by atoms with Gasteiger partial charge in [0.05, 0.1) is 5.69 Å². The van der Waals surface area contributed by atoms with Crippen LogP contribution in [0.25, 0.3) is 0 Å². The van der Waals surface area contributed by atoms with Crippen LogP contribution >= 0.6 is 15.9 Å². The molecular weight excluding hydrogens is 326 g/mol. The lowest BCUT2D eigenvalue weighted by atomic mass is 10.1. The fraction of sp³-hybridized carbons (Fsp3) is 0.231. The molecule has 0 radical (unpaired) electrons. The Balaban J connectivity index is 3.30. The normalized spacial score (nSPS) is 9.80. The number of nitrogens with zero attached hydrogens (tertiary/aromatic N) is 1. The van der Waals surface area contributed by atoms with Crippen molar-refractivity contribution >= 4 is 45.2 Å². The van der Waals surface area contributed by atoms with Crippen molar-refractivity contribution in [3.05, 3.63) is 28.2 Å². The van der Waals surface area contributed by atoms with Gasteiger partial charge in [-0.2, -0.15) is 0 Å². The number of amidine groups is 1. The minimum Gasteiger partial charge on any atom is -0.326 e. The molecule has 0 aliphatic rings. The number of carbonyl (C=O) groups excluding carboxylic acids is 3. The topological polar surface area (TPSA) is 90.3 Å². The molecule has 0 atom stereocenters. The monoisotopic (exact) mass is 339 g/mol. The number of amides is 3. The van der Waals surface area contributed by atoms with Gasteiger partial charge in [0.1, 0.15) is 5.84 Å². The fourth-order valence-electron chi connectivity index (χ4n) is 1.67. The molecule has 1 rings (SSSR count). The number of hydrogen-bond acceptors (Lipinski definition) is 4. The summed E-state index contributed by atoms with van der Waals surface area (Å²) < 4.78 is 0.704. The lowest BCUT2D eigenvalue weighted by Gasteiger charge is -2.20. The van der Waals surface area contributed by atoms with Gasteiger partial charge in [0.15, 0.2) is 0 Å². The maximum absolute atomic E-state index is 11.5. The van der Waals surface area contributed by atoms with E-state index in [0.717, 1.165) is 4.90 Å². The van der Waals surface area contributed by atoms with Crippen LogP contribution in [-0.2, 0) is 14.4 Å². The van der Waals surface area contributed by atoms with Gasteiger partial charge < -0.3 is 5.32 Å². The summed E-state index contributed by atoms with van der Waals surface area (Å²) in [4.78, 5) is 34.9. The lowest BCUT2D eigenvalue weighted by molar-refractivity contribution is -0.137. The second-order valence-electron chi connectivity index (χ2n) is 4.09. The van der Waals surface area contributed by atoms with Crippen molar-refractivity contribution in [2.45, 2.75) is 20.8 Å². The van der Waals surface area contributed by atoms with Crippen LogP contribution in [0.5, 0.6) is 0 Å². The Labute approximate surface area is 124 Å². The van der Waals surface area contributed by atoms with Gasteiger partial charge in [0.2, 0.25) is 17.7 Å². The highest BCUT2D eigenvalue weighted by atomic mass is 79.9. The Bertz CT molecular complexity index is 585. The first kappa shape index (κ1) is 16.0. The minimum atomic E-state index is -0.556. The number of imide groups is 1. The van der Waals surface area contributed by atoms with Crippen molar-refractivity contribution in [2.75, 3.05) is 5.32 Å². The molecule has 20 heavy (non-hydrogen) atoms. The third kappa shape index (κ3) is 3.74. The van der Waals surface area contributed by atoms with Gasteiger partial charge in [-0.05, 0) is 18.2 Å². The van der Waals surface area contributed by atoms with Gasteiger partial charge in [0, 0.05) is 30.8 Å². The summed E-state index contributed by atoms with van der Waals surface area (Å²) >= 11 is 3.26. The Morgan fingerprint density at radius 2 is 1.70 bits per heavy atom. The van der Waals surface area contributed by atoms with Crippen LogP contribution in [0.4, 0.5) is 5.69 Å². The highest BCUT2D eigenvalue weighted by Gasteiger charge is 2.22. The third-order valence-corrected chi connectivity index (χ3v) is 2.89. The Kier molecular flexibility index (Phi) is 5.15. The quantitative estimate of drug-likeness (QED) is 0.638. The Morgan fingerprint density at radius 1 is 1.15 bits per heavy atom. The average Bonchev–Trinajstić information content (AvgIpc) is 2.26. The van der Waals surface area contributed by atoms with E-state index in [9.17, 15) is 14.4 Å². The molecule has 6 nitrogen and oxygen atoms in total. The molecule has 0 aliphatic heterocycles. The zero-order valence-electron chi connectivity index (χ0n) is 11.3. The van der Waals surface area contributed by atoms with E-state index < -0.39 is 11.8 Å². The van der Waals surface area contributed by atoms with Crippen molar-refractivity contribution < 1.29 is 14.4 Å². The van der Waals surface area contributed by atoms with E-state index in [4.69, 9.17) is 5.41 Å². The number of benzene rings is 1. The van der Waals surface area contributed by atoms with Gasteiger partial charge in [-0.25, -0.2) is 4.90 Å². The van der Waals surface area contributed by atoms with Crippen molar-refractivity contribution in [2.24, 2.45) is 0 Å². The first-order chi connectivity index (χ1) is 9.23. The zero-order chi connectivity index (χ0) is 15.4. The predicted octanol–water partition coefficient (Wildman–Crippen LogP) is 2.13. The van der Waals surface area contributed by atoms with Gasteiger partial charge >= 0.3 is 0 Å². The van der Waals surface area contributed by atoms with E-state index in [0.29, 0.717) is 10.2 Å². The second-order valence-corrected chi connectivity index (χ2v) is 5.01. The van der Waals surface area contributed by atoms with Crippen LogP contribution in [-0.4, -0.2) is 28.5 Å². The van der Waals surface area contributed by atoms with Crippen LogP contribution in [0.15, 0.2) is 22.7 Å². The first-order valence-electron chi connectivity index (χ1n) is 5.71. The average molecular weight is 340 g/mol. The minimum absolute atomic E-state index is 0.277. The van der Waals surface area contributed by atoms with E-state index in [2.05, 4.69) is 21.2 Å². The fourth-order valence-corrected chi connectivity index (χ4v) is 2.03. The summed E-state index contributed by atoms with van der Waals surface area (Å²) in [5.41, 5.74) is 0.637. The molecule has 3 amide bonds. The van der Waals surface area contributed by atoms with Gasteiger partial charge in [-0.3, -0.25) is 19.8 Å². The molecule has 0 saturated heterocycles. The van der Waals surface area contributed by atoms with Crippen molar-refractivity contribution in [3.8, 4) is 0 Å². The third-order valence-electron chi connectivity index (χ3n) is 2.40. The summed E-state index contributed by atoms with van der Waals surface area (Å²) in [7, 11) is 0. The Hall–Kier alpha value is -2.02. The molecule has 0 unspecified atom stereocenters. The second kappa shape index (κ2) is 6.42. The van der Waals surface area contributed by atoms with E-state index in [1.54, 1.807) is 18.2 Å². The number of rotatable bonds is 2. The summed E-state index contributed by atoms with van der Waals surface area (Å²) in [6.07, 6.45) is 0. The Morgan fingerprint density at radius 3 is 2.15 bits per heavy atom. The number of hydrogen-bond donors (Lipinski definition) is 2. The largest absolute Gasteiger partial charge is 0.326 e. The molecule has 0 bridgehead atoms. The number of halogens is 1. The summed E-state index contributed by atoms with van der Waals surface area (Å²) in [6, 6.07) is 4.81. The number of anilines is 1. The van der Waals surface area contributed by atoms with Gasteiger partial charge in [-0.15, -0.1) is 0 Å². The maximum Gasteiger partial charge on any atom is 0.231 e. The molecule has 2 N–H and O–H groups in total. The number of nitrogens with one attached hydrogen (secondary N) is 2. The molecule has 7 heteroatoms. The van der Waals surface area contributed by atoms with E-state index in [1.807, 2.05) is 0 Å². The summed E-state index contributed by atoms with van der Waals surface area (Å²) in [6.45, 7) is 3.74. The van der Waals surface area contributed by atoms with Crippen LogP contribution in [0, 0.1) is 5.41 Å². The summed E-state index contributed by atoms with van der Waals surface area (Å²) in [5.74, 6) is -1.70. The standard InChI is InChI=1S/C13H14BrN3O3/c1-7(18)16-12-6-10(14)4-5-11(12)13(15)17(8(2)19)9(3)20/h4-6,15H,1-3H3,(H,16,18). The summed E-state index contributed by atoms with van der Waals surface area (Å²) in [5, 5.41) is 10.6. The van der Waals surface area contributed by atoms with Crippen molar-refractivity contribution in [1.82, 2.24) is 4.90 Å². The van der Waals surface area contributed by atoms with Crippen LogP contribution in [0.1, 0.15) is 26.3 Å².